The van der Waals surface area contributed by atoms with E-state index >= 15 is 0 Å². The Morgan fingerprint density at radius 3 is 2.62 bits per heavy atom. The molecule has 0 bridgehead atoms. The molecule has 0 spiro atoms. The van der Waals surface area contributed by atoms with Crippen LogP contribution < -0.4 is 10.6 Å². The lowest BCUT2D eigenvalue weighted by Crippen LogP contribution is -2.45. The smallest absolute Gasteiger partial charge is 0.315 e. The van der Waals surface area contributed by atoms with Crippen LogP contribution in [0.4, 0.5) is 4.79 Å². The van der Waals surface area contributed by atoms with Gasteiger partial charge >= 0.3 is 12.0 Å². The first kappa shape index (κ1) is 12.8. The Labute approximate surface area is 95.6 Å². The highest BCUT2D eigenvalue weighted by molar-refractivity contribution is 5.76. The molecule has 5 nitrogen and oxygen atoms in total. The maximum absolute atomic E-state index is 11.5. The largest absolute Gasteiger partial charge is 0.481 e. The molecule has 0 aromatic heterocycles. The summed E-state index contributed by atoms with van der Waals surface area (Å²) in [5.74, 6) is -0.927. The molecule has 0 aromatic carbocycles. The van der Waals surface area contributed by atoms with Crippen molar-refractivity contribution in [3.05, 3.63) is 0 Å². The van der Waals surface area contributed by atoms with Gasteiger partial charge in [-0.3, -0.25) is 4.79 Å². The van der Waals surface area contributed by atoms with Gasteiger partial charge in [-0.2, -0.15) is 0 Å². The van der Waals surface area contributed by atoms with Crippen LogP contribution >= 0.6 is 0 Å². The Bertz CT molecular complexity index is 268. The van der Waals surface area contributed by atoms with Gasteiger partial charge in [0.2, 0.25) is 0 Å². The van der Waals surface area contributed by atoms with Gasteiger partial charge in [-0.1, -0.05) is 20.3 Å². The molecule has 3 atom stereocenters. The van der Waals surface area contributed by atoms with Gasteiger partial charge in [0.15, 0.2) is 0 Å². The minimum atomic E-state index is -0.894. The zero-order valence-electron chi connectivity index (χ0n) is 9.82. The van der Waals surface area contributed by atoms with Gasteiger partial charge in [0, 0.05) is 12.6 Å². The molecule has 1 aliphatic rings. The van der Waals surface area contributed by atoms with E-state index in [9.17, 15) is 9.59 Å². The van der Waals surface area contributed by atoms with Crippen LogP contribution in [0, 0.1) is 11.8 Å². The molecular weight excluding hydrogens is 208 g/mol. The lowest BCUT2D eigenvalue weighted by atomic mass is 10.1. The predicted octanol–water partition coefficient (Wildman–Crippen LogP) is 1.19. The van der Waals surface area contributed by atoms with Crippen molar-refractivity contribution < 1.29 is 14.7 Å². The third-order valence-electron chi connectivity index (χ3n) is 3.17. The molecule has 0 saturated heterocycles. The second kappa shape index (κ2) is 5.72. The molecule has 0 heterocycles. The van der Waals surface area contributed by atoms with Gasteiger partial charge in [0.1, 0.15) is 0 Å². The molecule has 3 N–H and O–H groups in total. The van der Waals surface area contributed by atoms with Crippen molar-refractivity contribution >= 4 is 12.0 Å². The van der Waals surface area contributed by atoms with Crippen LogP contribution in [0.5, 0.6) is 0 Å². The van der Waals surface area contributed by atoms with Gasteiger partial charge in [-0.05, 0) is 18.8 Å². The molecule has 0 radical (unpaired) electrons. The van der Waals surface area contributed by atoms with Crippen molar-refractivity contribution in [2.24, 2.45) is 11.8 Å². The van der Waals surface area contributed by atoms with Crippen molar-refractivity contribution in [3.8, 4) is 0 Å². The van der Waals surface area contributed by atoms with E-state index in [4.69, 9.17) is 5.11 Å². The van der Waals surface area contributed by atoms with Gasteiger partial charge in [-0.15, -0.1) is 0 Å². The summed E-state index contributed by atoms with van der Waals surface area (Å²) < 4.78 is 0. The molecule has 2 amide bonds. The third kappa shape index (κ3) is 3.72. The highest BCUT2D eigenvalue weighted by atomic mass is 16.4. The van der Waals surface area contributed by atoms with Gasteiger partial charge in [0.05, 0.1) is 5.92 Å². The molecule has 1 fully saturated rings. The fourth-order valence-electron chi connectivity index (χ4n) is 1.91. The van der Waals surface area contributed by atoms with E-state index in [1.165, 1.54) is 0 Å². The number of hydrogen-bond acceptors (Lipinski definition) is 2. The fraction of sp³-hybridized carbons (Fsp3) is 0.818. The number of hydrogen-bond donors (Lipinski definition) is 3. The summed E-state index contributed by atoms with van der Waals surface area (Å²) in [6.45, 7) is 3.86. The molecule has 16 heavy (non-hydrogen) atoms. The molecule has 92 valence electrons. The number of rotatable bonds is 4. The Morgan fingerprint density at radius 1 is 1.44 bits per heavy atom. The zero-order valence-corrected chi connectivity index (χ0v) is 9.82. The van der Waals surface area contributed by atoms with E-state index in [1.807, 2.05) is 0 Å². The molecule has 1 saturated carbocycles. The van der Waals surface area contributed by atoms with Crippen LogP contribution in [0.25, 0.3) is 0 Å². The van der Waals surface area contributed by atoms with E-state index < -0.39 is 11.9 Å². The van der Waals surface area contributed by atoms with E-state index in [2.05, 4.69) is 17.6 Å². The van der Waals surface area contributed by atoms with Gasteiger partial charge < -0.3 is 15.7 Å². The first-order chi connectivity index (χ1) is 7.50. The van der Waals surface area contributed by atoms with Crippen molar-refractivity contribution in [2.75, 3.05) is 6.54 Å². The molecule has 3 unspecified atom stereocenters. The van der Waals surface area contributed by atoms with E-state index in [0.29, 0.717) is 5.92 Å². The summed E-state index contributed by atoms with van der Waals surface area (Å²) in [7, 11) is 0. The summed E-state index contributed by atoms with van der Waals surface area (Å²) in [5, 5.41) is 14.1. The maximum Gasteiger partial charge on any atom is 0.315 e. The number of nitrogens with one attached hydrogen (secondary N) is 2. The van der Waals surface area contributed by atoms with Crippen molar-refractivity contribution in [1.82, 2.24) is 10.6 Å². The second-order valence-corrected chi connectivity index (χ2v) is 4.61. The van der Waals surface area contributed by atoms with Crippen LogP contribution in [0.3, 0.4) is 0 Å². The molecule has 1 rings (SSSR count). The van der Waals surface area contributed by atoms with Gasteiger partial charge in [-0.25, -0.2) is 4.79 Å². The topological polar surface area (TPSA) is 78.4 Å². The molecule has 5 heteroatoms. The van der Waals surface area contributed by atoms with E-state index in [0.717, 1.165) is 19.3 Å². The molecule has 0 aromatic rings. The second-order valence-electron chi connectivity index (χ2n) is 4.61. The SMILES string of the molecule is CC(CNC(=O)NC1CCCC1C)C(=O)O. The van der Waals surface area contributed by atoms with Crippen LogP contribution in [0.15, 0.2) is 0 Å². The van der Waals surface area contributed by atoms with Crippen LogP contribution in [-0.2, 0) is 4.79 Å². The summed E-state index contributed by atoms with van der Waals surface area (Å²) in [6.07, 6.45) is 3.32. The Hall–Kier alpha value is -1.26. The van der Waals surface area contributed by atoms with Crippen LogP contribution in [0.1, 0.15) is 33.1 Å². The van der Waals surface area contributed by atoms with Crippen molar-refractivity contribution in [2.45, 2.75) is 39.2 Å². The fourth-order valence-corrected chi connectivity index (χ4v) is 1.91. The monoisotopic (exact) mass is 228 g/mol. The summed E-state index contributed by atoms with van der Waals surface area (Å²) in [5.41, 5.74) is 0. The summed E-state index contributed by atoms with van der Waals surface area (Å²) in [4.78, 5) is 22.0. The number of amides is 2. The number of carbonyl (C=O) groups excluding carboxylic acids is 1. The van der Waals surface area contributed by atoms with Crippen LogP contribution in [-0.4, -0.2) is 29.7 Å². The first-order valence-electron chi connectivity index (χ1n) is 5.78. The lowest BCUT2D eigenvalue weighted by Gasteiger charge is -2.18. The predicted molar refractivity (Wildman–Crippen MR) is 60.1 cm³/mol. The lowest BCUT2D eigenvalue weighted by molar-refractivity contribution is -0.140. The van der Waals surface area contributed by atoms with E-state index in [1.54, 1.807) is 6.92 Å². The van der Waals surface area contributed by atoms with Crippen molar-refractivity contribution in [1.29, 1.82) is 0 Å². The third-order valence-corrected chi connectivity index (χ3v) is 3.17. The number of carbonyl (C=O) groups is 2. The zero-order chi connectivity index (χ0) is 12.1. The molecular formula is C11H20N2O3. The van der Waals surface area contributed by atoms with Crippen LogP contribution in [0.2, 0.25) is 0 Å². The molecule has 0 aliphatic heterocycles. The van der Waals surface area contributed by atoms with Crippen molar-refractivity contribution in [3.63, 3.8) is 0 Å². The normalized spacial score (nSPS) is 26.1. The quantitative estimate of drug-likeness (QED) is 0.676. The average Bonchev–Trinajstić information content (AvgIpc) is 2.60. The highest BCUT2D eigenvalue weighted by Crippen LogP contribution is 2.24. The number of carboxylic acid groups (broad SMARTS) is 1. The minimum absolute atomic E-state index is 0.169. The Balaban J connectivity index is 2.23. The maximum atomic E-state index is 11.5. The number of aliphatic carboxylic acids is 1. The number of carboxylic acids is 1. The van der Waals surface area contributed by atoms with E-state index in [-0.39, 0.29) is 18.6 Å². The Morgan fingerprint density at radius 2 is 2.12 bits per heavy atom. The average molecular weight is 228 g/mol. The summed E-state index contributed by atoms with van der Waals surface area (Å²) in [6, 6.07) is -0.0213. The Kier molecular flexibility index (Phi) is 4.58. The van der Waals surface area contributed by atoms with Gasteiger partial charge in [0.25, 0.3) is 0 Å². The highest BCUT2D eigenvalue weighted by Gasteiger charge is 2.24. The standard InChI is InChI=1S/C11H20N2O3/c1-7-4-3-5-9(7)13-11(16)12-6-8(2)10(14)15/h7-9H,3-6H2,1-2H3,(H,14,15)(H2,12,13,16). The summed E-state index contributed by atoms with van der Waals surface area (Å²) >= 11 is 0. The minimum Gasteiger partial charge on any atom is -0.481 e. The molecule has 1 aliphatic carbocycles. The first-order valence-corrected chi connectivity index (χ1v) is 5.78. The number of urea groups is 1.